The summed E-state index contributed by atoms with van der Waals surface area (Å²) in [5.74, 6) is 0.556. The van der Waals surface area contributed by atoms with Crippen LogP contribution in [0, 0.1) is 0 Å². The highest BCUT2D eigenvalue weighted by Crippen LogP contribution is 2.37. The van der Waals surface area contributed by atoms with Crippen LogP contribution in [0.4, 0.5) is 5.69 Å². The number of carbonyl (C=O) groups is 2. The number of anilines is 1. The molecule has 34 heavy (non-hydrogen) atoms. The van der Waals surface area contributed by atoms with E-state index in [0.29, 0.717) is 35.1 Å². The van der Waals surface area contributed by atoms with Gasteiger partial charge in [0.25, 0.3) is 11.8 Å². The second-order valence-electron chi connectivity index (χ2n) is 8.49. The summed E-state index contributed by atoms with van der Waals surface area (Å²) >= 11 is 0. The number of carbonyl (C=O) groups excluding carboxylic acids is 2. The van der Waals surface area contributed by atoms with Gasteiger partial charge in [-0.25, -0.2) is 0 Å². The molecule has 2 aromatic heterocycles. The van der Waals surface area contributed by atoms with Gasteiger partial charge < -0.3 is 15.2 Å². The Morgan fingerprint density at radius 1 is 1.06 bits per heavy atom. The van der Waals surface area contributed by atoms with E-state index in [9.17, 15) is 9.59 Å². The van der Waals surface area contributed by atoms with Crippen LogP contribution in [0.5, 0.6) is 0 Å². The number of benzene rings is 1. The van der Waals surface area contributed by atoms with Gasteiger partial charge >= 0.3 is 0 Å². The Bertz CT molecular complexity index is 1120. The van der Waals surface area contributed by atoms with Crippen LogP contribution in [0.3, 0.4) is 0 Å². The van der Waals surface area contributed by atoms with Gasteiger partial charge in [-0.2, -0.15) is 4.98 Å². The summed E-state index contributed by atoms with van der Waals surface area (Å²) in [6.45, 7) is 6.55. The van der Waals surface area contributed by atoms with Crippen LogP contribution in [0.25, 0.3) is 0 Å². The molecule has 1 saturated carbocycles. The van der Waals surface area contributed by atoms with Gasteiger partial charge in [0.1, 0.15) is 5.54 Å². The standard InChI is InChI=1S/C25H30N6O3/c1-3-31(4-2)17-21-28-24(30-34-21)25(12-5-6-13-25)29-23(33)18-9-7-11-20(15-18)27-22(32)19-10-8-14-26-16-19/h7-11,14-16H,3-6,12-13,17H2,1-2H3,(H,27,32)(H,29,33). The Morgan fingerprint density at radius 3 is 2.53 bits per heavy atom. The molecule has 1 aliphatic rings. The lowest BCUT2D eigenvalue weighted by Crippen LogP contribution is -2.44. The minimum atomic E-state index is -0.656. The smallest absolute Gasteiger partial charge is 0.257 e. The van der Waals surface area contributed by atoms with Gasteiger partial charge in [0.05, 0.1) is 12.1 Å². The number of amides is 2. The second-order valence-corrected chi connectivity index (χ2v) is 8.49. The van der Waals surface area contributed by atoms with E-state index in [4.69, 9.17) is 4.52 Å². The van der Waals surface area contributed by atoms with Crippen molar-refractivity contribution in [1.82, 2.24) is 25.3 Å². The molecule has 1 fully saturated rings. The van der Waals surface area contributed by atoms with Crippen LogP contribution in [0.15, 0.2) is 53.3 Å². The number of hydrogen-bond donors (Lipinski definition) is 2. The first kappa shape index (κ1) is 23.6. The van der Waals surface area contributed by atoms with Gasteiger partial charge in [-0.05, 0) is 56.3 Å². The minimum Gasteiger partial charge on any atom is -0.339 e. The average molecular weight is 463 g/mol. The molecule has 0 aliphatic heterocycles. The topological polar surface area (TPSA) is 113 Å². The molecule has 178 valence electrons. The number of rotatable bonds is 9. The van der Waals surface area contributed by atoms with Crippen molar-refractivity contribution in [2.75, 3.05) is 18.4 Å². The summed E-state index contributed by atoms with van der Waals surface area (Å²) in [4.78, 5) is 36.5. The summed E-state index contributed by atoms with van der Waals surface area (Å²) in [6, 6.07) is 10.3. The highest BCUT2D eigenvalue weighted by molar-refractivity contribution is 6.05. The molecule has 0 unspecified atom stereocenters. The average Bonchev–Trinajstić information content (AvgIpc) is 3.54. The molecule has 4 rings (SSSR count). The fraction of sp³-hybridized carbons (Fsp3) is 0.400. The van der Waals surface area contributed by atoms with Gasteiger partial charge in [-0.15, -0.1) is 0 Å². The van der Waals surface area contributed by atoms with Gasteiger partial charge in [0, 0.05) is 23.6 Å². The highest BCUT2D eigenvalue weighted by Gasteiger charge is 2.41. The summed E-state index contributed by atoms with van der Waals surface area (Å²) in [6.07, 6.45) is 6.55. The maximum atomic E-state index is 13.2. The van der Waals surface area contributed by atoms with E-state index >= 15 is 0 Å². The molecule has 1 aromatic carbocycles. The fourth-order valence-electron chi connectivity index (χ4n) is 4.26. The normalized spacial score (nSPS) is 14.8. The molecule has 0 radical (unpaired) electrons. The van der Waals surface area contributed by atoms with Crippen molar-refractivity contribution in [2.45, 2.75) is 51.6 Å². The van der Waals surface area contributed by atoms with Gasteiger partial charge in [0.15, 0.2) is 5.82 Å². The Balaban J connectivity index is 1.49. The molecule has 0 atom stereocenters. The molecule has 1 aliphatic carbocycles. The Morgan fingerprint density at radius 2 is 1.82 bits per heavy atom. The SMILES string of the molecule is CCN(CC)Cc1nc(C2(NC(=O)c3cccc(NC(=O)c4cccnc4)c3)CCCC2)no1. The summed E-state index contributed by atoms with van der Waals surface area (Å²) in [5, 5.41) is 10.2. The van der Waals surface area contributed by atoms with Crippen LogP contribution in [-0.2, 0) is 12.1 Å². The van der Waals surface area contributed by atoms with Crippen molar-refractivity contribution in [3.8, 4) is 0 Å². The molecule has 0 spiro atoms. The lowest BCUT2D eigenvalue weighted by Gasteiger charge is -2.27. The van der Waals surface area contributed by atoms with Crippen molar-refractivity contribution < 1.29 is 14.1 Å². The van der Waals surface area contributed by atoms with Gasteiger partial charge in [-0.1, -0.05) is 37.9 Å². The maximum Gasteiger partial charge on any atom is 0.257 e. The largest absolute Gasteiger partial charge is 0.339 e. The zero-order valence-electron chi connectivity index (χ0n) is 19.6. The molecule has 0 saturated heterocycles. The lowest BCUT2D eigenvalue weighted by molar-refractivity contribution is 0.0891. The van der Waals surface area contributed by atoms with E-state index < -0.39 is 5.54 Å². The molecule has 9 heteroatoms. The number of pyridine rings is 1. The van der Waals surface area contributed by atoms with E-state index in [1.165, 1.54) is 6.20 Å². The van der Waals surface area contributed by atoms with Crippen LogP contribution < -0.4 is 10.6 Å². The van der Waals surface area contributed by atoms with E-state index in [2.05, 4.69) is 44.5 Å². The number of nitrogens with zero attached hydrogens (tertiary/aromatic N) is 4. The molecule has 2 amide bonds. The molecular weight excluding hydrogens is 432 g/mol. The van der Waals surface area contributed by atoms with E-state index in [1.54, 1.807) is 42.6 Å². The number of nitrogens with one attached hydrogen (secondary N) is 2. The van der Waals surface area contributed by atoms with Gasteiger partial charge in [-0.3, -0.25) is 19.5 Å². The molecule has 2 heterocycles. The second kappa shape index (κ2) is 10.6. The molecule has 0 bridgehead atoms. The number of hydrogen-bond acceptors (Lipinski definition) is 7. The van der Waals surface area contributed by atoms with Crippen molar-refractivity contribution in [1.29, 1.82) is 0 Å². The molecule has 9 nitrogen and oxygen atoms in total. The molecule has 3 aromatic rings. The quantitative estimate of drug-likeness (QED) is 0.498. The third-order valence-electron chi connectivity index (χ3n) is 6.27. The minimum absolute atomic E-state index is 0.241. The number of aromatic nitrogens is 3. The van der Waals surface area contributed by atoms with E-state index in [0.717, 1.165) is 38.8 Å². The highest BCUT2D eigenvalue weighted by atomic mass is 16.5. The van der Waals surface area contributed by atoms with Crippen molar-refractivity contribution in [3.05, 3.63) is 71.6 Å². The van der Waals surface area contributed by atoms with Crippen LogP contribution in [0.1, 0.15) is 72.0 Å². The summed E-state index contributed by atoms with van der Waals surface area (Å²) in [7, 11) is 0. The monoisotopic (exact) mass is 462 g/mol. The maximum absolute atomic E-state index is 13.2. The predicted octanol–water partition coefficient (Wildman–Crippen LogP) is 3.76. The van der Waals surface area contributed by atoms with Crippen LogP contribution in [0.2, 0.25) is 0 Å². The van der Waals surface area contributed by atoms with Crippen LogP contribution in [-0.4, -0.2) is 44.9 Å². The fourth-order valence-corrected chi connectivity index (χ4v) is 4.26. The third kappa shape index (κ3) is 5.31. The summed E-state index contributed by atoms with van der Waals surface area (Å²) < 4.78 is 5.52. The lowest BCUT2D eigenvalue weighted by atomic mass is 9.95. The Hall–Kier alpha value is -3.59. The van der Waals surface area contributed by atoms with Gasteiger partial charge in [0.2, 0.25) is 5.89 Å². The Labute approximate surface area is 199 Å². The van der Waals surface area contributed by atoms with E-state index in [-0.39, 0.29) is 11.8 Å². The van der Waals surface area contributed by atoms with Crippen molar-refractivity contribution in [3.63, 3.8) is 0 Å². The molecule has 2 N–H and O–H groups in total. The first-order valence-electron chi connectivity index (χ1n) is 11.7. The Kier molecular flexibility index (Phi) is 7.32. The van der Waals surface area contributed by atoms with Crippen molar-refractivity contribution >= 4 is 17.5 Å². The molecular formula is C25H30N6O3. The zero-order valence-corrected chi connectivity index (χ0v) is 19.6. The van der Waals surface area contributed by atoms with Crippen molar-refractivity contribution in [2.24, 2.45) is 0 Å². The van der Waals surface area contributed by atoms with E-state index in [1.807, 2.05) is 0 Å². The van der Waals surface area contributed by atoms with Crippen LogP contribution >= 0.6 is 0 Å². The first-order chi connectivity index (χ1) is 16.5. The summed E-state index contributed by atoms with van der Waals surface area (Å²) in [5.41, 5.74) is 0.766. The zero-order chi connectivity index (χ0) is 24.0. The predicted molar refractivity (Wildman–Crippen MR) is 127 cm³/mol. The third-order valence-corrected chi connectivity index (χ3v) is 6.27. The first-order valence-corrected chi connectivity index (χ1v) is 11.7.